The second-order valence-corrected chi connectivity index (χ2v) is 7.98. The van der Waals surface area contributed by atoms with Crippen LogP contribution < -0.4 is 0 Å². The summed E-state index contributed by atoms with van der Waals surface area (Å²) in [4.78, 5) is 15.9. The fourth-order valence-electron chi connectivity index (χ4n) is 2.91. The average Bonchev–Trinajstić information content (AvgIpc) is 3.01. The third-order valence-electron chi connectivity index (χ3n) is 4.33. The van der Waals surface area contributed by atoms with E-state index in [0.717, 1.165) is 11.6 Å². The highest BCUT2D eigenvalue weighted by Gasteiger charge is 2.31. The maximum atomic E-state index is 12.7. The molecule has 1 aromatic carbocycles. The third-order valence-corrected chi connectivity index (χ3v) is 6.25. The standard InChI is InChI=1S/C16H20N4O3S/c1-11(21)13-3-5-15(6-4-13)24(22,23)20-9-7-14(8-10-20)16-17-12(2)18-19-16/h3-6,14H,7-10H2,1-2H3,(H,17,18,19). The number of nitrogens with zero attached hydrogens (tertiary/aromatic N) is 3. The third kappa shape index (κ3) is 3.25. The molecule has 3 rings (SSSR count). The van der Waals surface area contributed by atoms with Crippen LogP contribution in [-0.4, -0.2) is 46.8 Å². The van der Waals surface area contributed by atoms with Crippen molar-refractivity contribution in [1.29, 1.82) is 0 Å². The average molecular weight is 348 g/mol. The van der Waals surface area contributed by atoms with Crippen molar-refractivity contribution in [3.63, 3.8) is 0 Å². The number of aromatic amines is 1. The Kier molecular flexibility index (Phi) is 4.51. The highest BCUT2D eigenvalue weighted by atomic mass is 32.2. The molecule has 0 atom stereocenters. The Hall–Kier alpha value is -2.06. The van der Waals surface area contributed by atoms with Crippen LogP contribution in [0.4, 0.5) is 0 Å². The molecular formula is C16H20N4O3S. The van der Waals surface area contributed by atoms with Gasteiger partial charge >= 0.3 is 0 Å². The zero-order valence-corrected chi connectivity index (χ0v) is 14.5. The summed E-state index contributed by atoms with van der Waals surface area (Å²) in [5.41, 5.74) is 0.507. The Morgan fingerprint density at radius 2 is 1.83 bits per heavy atom. The normalized spacial score (nSPS) is 17.1. The molecule has 8 heteroatoms. The van der Waals surface area contributed by atoms with E-state index < -0.39 is 10.0 Å². The molecule has 1 aromatic heterocycles. The van der Waals surface area contributed by atoms with Gasteiger partial charge in [-0.25, -0.2) is 13.4 Å². The van der Waals surface area contributed by atoms with Gasteiger partial charge in [0.05, 0.1) is 4.90 Å². The summed E-state index contributed by atoms with van der Waals surface area (Å²) in [7, 11) is -3.53. The topological polar surface area (TPSA) is 96.0 Å². The van der Waals surface area contributed by atoms with Crippen molar-refractivity contribution < 1.29 is 13.2 Å². The minimum atomic E-state index is -3.53. The maximum Gasteiger partial charge on any atom is 0.243 e. The zero-order valence-electron chi connectivity index (χ0n) is 13.7. The number of hydrogen-bond acceptors (Lipinski definition) is 5. The number of piperidine rings is 1. The number of carbonyl (C=O) groups is 1. The smallest absolute Gasteiger partial charge is 0.243 e. The maximum absolute atomic E-state index is 12.7. The van der Waals surface area contributed by atoms with Gasteiger partial charge in [-0.15, -0.1) is 0 Å². The summed E-state index contributed by atoms with van der Waals surface area (Å²) in [6, 6.07) is 6.10. The van der Waals surface area contributed by atoms with E-state index in [4.69, 9.17) is 0 Å². The Bertz CT molecular complexity index is 834. The molecule has 0 radical (unpaired) electrons. The van der Waals surface area contributed by atoms with Crippen LogP contribution in [0.15, 0.2) is 29.2 Å². The van der Waals surface area contributed by atoms with E-state index >= 15 is 0 Å². The molecule has 1 saturated heterocycles. The quantitative estimate of drug-likeness (QED) is 0.851. The fourth-order valence-corrected chi connectivity index (χ4v) is 4.38. The molecule has 2 heterocycles. The van der Waals surface area contributed by atoms with Gasteiger partial charge in [0.25, 0.3) is 0 Å². The number of benzene rings is 1. The molecule has 0 amide bonds. The van der Waals surface area contributed by atoms with Gasteiger partial charge in [-0.1, -0.05) is 12.1 Å². The summed E-state index contributed by atoms with van der Waals surface area (Å²) >= 11 is 0. The molecule has 0 unspecified atom stereocenters. The molecule has 1 aliphatic rings. The number of aryl methyl sites for hydroxylation is 1. The Balaban J connectivity index is 1.71. The van der Waals surface area contributed by atoms with Crippen molar-refractivity contribution in [3.8, 4) is 0 Å². The lowest BCUT2D eigenvalue weighted by molar-refractivity contribution is 0.101. The van der Waals surface area contributed by atoms with E-state index in [2.05, 4.69) is 15.2 Å². The summed E-state index contributed by atoms with van der Waals surface area (Å²) in [6.45, 7) is 4.18. The Morgan fingerprint density at radius 3 is 2.33 bits per heavy atom. The van der Waals surface area contributed by atoms with Crippen LogP contribution in [0.5, 0.6) is 0 Å². The Labute approximate surface area is 141 Å². The van der Waals surface area contributed by atoms with Crippen molar-refractivity contribution in [2.75, 3.05) is 13.1 Å². The van der Waals surface area contributed by atoms with Crippen LogP contribution in [0, 0.1) is 6.92 Å². The van der Waals surface area contributed by atoms with Crippen molar-refractivity contribution in [3.05, 3.63) is 41.5 Å². The molecule has 1 N–H and O–H groups in total. The van der Waals surface area contributed by atoms with Crippen LogP contribution >= 0.6 is 0 Å². The first-order valence-electron chi connectivity index (χ1n) is 7.88. The van der Waals surface area contributed by atoms with Crippen LogP contribution in [-0.2, 0) is 10.0 Å². The number of aromatic nitrogens is 3. The van der Waals surface area contributed by atoms with E-state index in [1.165, 1.54) is 23.4 Å². The van der Waals surface area contributed by atoms with Gasteiger partial charge in [-0.05, 0) is 38.8 Å². The van der Waals surface area contributed by atoms with Crippen molar-refractivity contribution >= 4 is 15.8 Å². The molecule has 1 fully saturated rings. The SMILES string of the molecule is CC(=O)c1ccc(S(=O)(=O)N2CCC(c3n[nH]c(C)n3)CC2)cc1. The molecule has 2 aromatic rings. The highest BCUT2D eigenvalue weighted by Crippen LogP contribution is 2.29. The van der Waals surface area contributed by atoms with E-state index in [-0.39, 0.29) is 16.6 Å². The van der Waals surface area contributed by atoms with E-state index in [9.17, 15) is 13.2 Å². The minimum absolute atomic E-state index is 0.0819. The lowest BCUT2D eigenvalue weighted by atomic mass is 9.98. The lowest BCUT2D eigenvalue weighted by Gasteiger charge is -2.30. The number of Topliss-reactive ketones (excluding diaryl/α,β-unsaturated/α-hetero) is 1. The molecule has 1 aliphatic heterocycles. The van der Waals surface area contributed by atoms with Gasteiger partial charge in [0.15, 0.2) is 11.6 Å². The summed E-state index contributed by atoms with van der Waals surface area (Å²) in [5.74, 6) is 1.63. The number of sulfonamides is 1. The van der Waals surface area contributed by atoms with Gasteiger partial charge in [0.2, 0.25) is 10.0 Å². The number of carbonyl (C=O) groups excluding carboxylic acids is 1. The first-order chi connectivity index (χ1) is 11.4. The van der Waals surface area contributed by atoms with Gasteiger partial charge in [-0.2, -0.15) is 9.40 Å². The van der Waals surface area contributed by atoms with Crippen molar-refractivity contribution in [1.82, 2.24) is 19.5 Å². The minimum Gasteiger partial charge on any atom is -0.295 e. The predicted octanol–water partition coefficient (Wildman–Crippen LogP) is 1.88. The number of hydrogen-bond donors (Lipinski definition) is 1. The first-order valence-corrected chi connectivity index (χ1v) is 9.32. The van der Waals surface area contributed by atoms with Gasteiger partial charge in [-0.3, -0.25) is 9.89 Å². The van der Waals surface area contributed by atoms with Crippen LogP contribution in [0.2, 0.25) is 0 Å². The lowest BCUT2D eigenvalue weighted by Crippen LogP contribution is -2.38. The number of rotatable bonds is 4. The van der Waals surface area contributed by atoms with Crippen LogP contribution in [0.1, 0.15) is 47.7 Å². The molecule has 0 spiro atoms. The van der Waals surface area contributed by atoms with Gasteiger partial charge in [0.1, 0.15) is 5.82 Å². The van der Waals surface area contributed by atoms with Crippen LogP contribution in [0.3, 0.4) is 0 Å². The predicted molar refractivity (Wildman–Crippen MR) is 88.3 cm³/mol. The first kappa shape index (κ1) is 16.8. The summed E-state index contributed by atoms with van der Waals surface area (Å²) in [6.07, 6.45) is 1.39. The summed E-state index contributed by atoms with van der Waals surface area (Å²) < 4.78 is 26.9. The number of nitrogens with one attached hydrogen (secondary N) is 1. The van der Waals surface area contributed by atoms with E-state index in [0.29, 0.717) is 31.5 Å². The molecule has 0 aliphatic carbocycles. The zero-order chi connectivity index (χ0) is 17.3. The van der Waals surface area contributed by atoms with E-state index in [1.54, 1.807) is 12.1 Å². The molecule has 0 saturated carbocycles. The van der Waals surface area contributed by atoms with Crippen molar-refractivity contribution in [2.45, 2.75) is 37.5 Å². The number of ketones is 1. The van der Waals surface area contributed by atoms with Crippen LogP contribution in [0.25, 0.3) is 0 Å². The molecule has 24 heavy (non-hydrogen) atoms. The summed E-state index contributed by atoms with van der Waals surface area (Å²) in [5, 5.41) is 7.00. The molecule has 0 bridgehead atoms. The van der Waals surface area contributed by atoms with Gasteiger partial charge in [0, 0.05) is 24.6 Å². The second kappa shape index (κ2) is 6.45. The van der Waals surface area contributed by atoms with Gasteiger partial charge < -0.3 is 0 Å². The monoisotopic (exact) mass is 348 g/mol. The van der Waals surface area contributed by atoms with Crippen molar-refractivity contribution in [2.24, 2.45) is 0 Å². The molecule has 7 nitrogen and oxygen atoms in total. The second-order valence-electron chi connectivity index (χ2n) is 6.04. The fraction of sp³-hybridized carbons (Fsp3) is 0.438. The molecule has 128 valence electrons. The highest BCUT2D eigenvalue weighted by molar-refractivity contribution is 7.89. The van der Waals surface area contributed by atoms with E-state index in [1.807, 2.05) is 6.92 Å². The Morgan fingerprint density at radius 1 is 1.21 bits per heavy atom. The molecular weight excluding hydrogens is 328 g/mol. The number of H-pyrrole nitrogens is 1. The largest absolute Gasteiger partial charge is 0.295 e.